The highest BCUT2D eigenvalue weighted by atomic mass is 79.9. The van der Waals surface area contributed by atoms with Crippen molar-refractivity contribution < 1.29 is 67.6 Å². The van der Waals surface area contributed by atoms with Gasteiger partial charge in [0.1, 0.15) is 28.4 Å². The van der Waals surface area contributed by atoms with Crippen LogP contribution in [-0.4, -0.2) is 87.7 Å². The average molecular weight is 1120 g/mol. The number of nitrogens with zero attached hydrogens (tertiary/aromatic N) is 1. The van der Waals surface area contributed by atoms with Crippen LogP contribution in [0.15, 0.2) is 77.2 Å². The van der Waals surface area contributed by atoms with Gasteiger partial charge in [0, 0.05) is 16.7 Å². The molecule has 0 fully saturated rings. The molecule has 0 saturated carbocycles. The van der Waals surface area contributed by atoms with Crippen LogP contribution in [0.5, 0.6) is 0 Å². The van der Waals surface area contributed by atoms with E-state index in [-0.39, 0.29) is 36.8 Å². The molecule has 0 amide bonds. The molecule has 12 nitrogen and oxygen atoms in total. The molecule has 0 aliphatic carbocycles. The molecule has 0 bridgehead atoms. The fourth-order valence-corrected chi connectivity index (χ4v) is 7.68. The van der Waals surface area contributed by atoms with Crippen LogP contribution in [0.3, 0.4) is 0 Å². The van der Waals surface area contributed by atoms with Crippen LogP contribution < -0.4 is 9.44 Å². The van der Waals surface area contributed by atoms with Crippen LogP contribution in [0.2, 0.25) is 0 Å². The molecule has 70 heavy (non-hydrogen) atoms. The van der Waals surface area contributed by atoms with Crippen molar-refractivity contribution in [2.75, 3.05) is 19.8 Å². The summed E-state index contributed by atoms with van der Waals surface area (Å²) in [6, 6.07) is 17.3. The Morgan fingerprint density at radius 2 is 0.871 bits per heavy atom. The molecule has 0 radical (unpaired) electrons. The highest BCUT2D eigenvalue weighted by molar-refractivity contribution is 9.09. The molecule has 8 atom stereocenters. The molecule has 2 N–H and O–H groups in total. The number of rotatable bonds is 16. The SMILES string of the molecule is CC(=N[S@](=O)C(C)(C)C)c1ccccc1F.CCOC(=O)C(F)Br.CCOC(=O)[C@@H](F)[C@](C)(N[S@](=O)C(C)(C)C)c1ccccc1F.CCOC(=O)[C@H](F)[C@](C)(N[S@](=O)C(C)(C)C)c1ccccc1F. The lowest BCUT2D eigenvalue weighted by Gasteiger charge is -2.35. The number of benzene rings is 3. The number of esters is 3. The van der Waals surface area contributed by atoms with Crippen LogP contribution in [0.4, 0.5) is 26.3 Å². The number of nitrogens with one attached hydrogen (secondary N) is 2. The Hall–Kier alpha value is -3.83. The van der Waals surface area contributed by atoms with Crippen molar-refractivity contribution in [1.82, 2.24) is 9.44 Å². The first-order chi connectivity index (χ1) is 32.1. The van der Waals surface area contributed by atoms with E-state index in [0.29, 0.717) is 11.3 Å². The van der Waals surface area contributed by atoms with Crippen LogP contribution in [0.1, 0.15) is 121 Å². The number of hydrogen-bond acceptors (Lipinski definition) is 9. The molecule has 3 rings (SSSR count). The molecule has 396 valence electrons. The third-order valence-corrected chi connectivity index (χ3v) is 14.4. The molecule has 3 aromatic carbocycles. The largest absolute Gasteiger partial charge is 0.464 e. The van der Waals surface area contributed by atoms with Gasteiger partial charge in [0.2, 0.25) is 12.3 Å². The topological polar surface area (TPSA) is 167 Å². The molecule has 22 heteroatoms. The molecular weight excluding hydrogens is 1050 g/mol. The summed E-state index contributed by atoms with van der Waals surface area (Å²) in [4.78, 5) is 33.8. The van der Waals surface area contributed by atoms with Gasteiger partial charge in [-0.3, -0.25) is 0 Å². The van der Waals surface area contributed by atoms with Crippen LogP contribution in [-0.2, 0) is 72.6 Å². The van der Waals surface area contributed by atoms with Crippen molar-refractivity contribution in [3.8, 4) is 0 Å². The molecule has 0 aromatic heterocycles. The lowest BCUT2D eigenvalue weighted by Crippen LogP contribution is -2.54. The normalized spacial score (nSPS) is 16.2. The van der Waals surface area contributed by atoms with Crippen molar-refractivity contribution in [2.45, 2.75) is 147 Å². The smallest absolute Gasteiger partial charge is 0.351 e. The molecule has 0 aliphatic heterocycles. The standard InChI is InChI=1S/2C16H23F2NO3S.C12H16FNOS.C4H6BrFO2/c2*1-6-22-14(20)13(18)16(5,19-23(21)15(2,3)4)11-9-7-8-10-12(11)17;1-9(14-16(15)12(2,3)4)10-7-5-6-8-11(10)13;1-2-8-4(7)3(5)6/h2*7-10,13,19H,6H2,1-5H3;5-8H,1-4H3;3H,2H2,1H3/t13-,16+,23+;13-,16-,23-;16-;/m011./s1. The van der Waals surface area contributed by atoms with Crippen molar-refractivity contribution >= 4 is 72.5 Å². The Bertz CT molecular complexity index is 2170. The van der Waals surface area contributed by atoms with Gasteiger partial charge in [-0.25, -0.2) is 62.8 Å². The van der Waals surface area contributed by atoms with Crippen LogP contribution in [0, 0.1) is 17.5 Å². The Morgan fingerprint density at radius 1 is 0.557 bits per heavy atom. The predicted octanol–water partition coefficient (Wildman–Crippen LogP) is 10.3. The molecular formula is C48H68BrF6N3O9S3. The average Bonchev–Trinajstić information content (AvgIpc) is 3.26. The van der Waals surface area contributed by atoms with E-state index in [2.05, 4.69) is 34.5 Å². The van der Waals surface area contributed by atoms with Gasteiger partial charge >= 0.3 is 17.9 Å². The predicted molar refractivity (Wildman–Crippen MR) is 270 cm³/mol. The molecule has 0 saturated heterocycles. The summed E-state index contributed by atoms with van der Waals surface area (Å²) in [6.45, 7) is 24.8. The van der Waals surface area contributed by atoms with Crippen molar-refractivity contribution in [3.63, 3.8) is 0 Å². The summed E-state index contributed by atoms with van der Waals surface area (Å²) in [5.41, 5.74) is -2.95. The van der Waals surface area contributed by atoms with E-state index in [1.807, 2.05) is 20.8 Å². The summed E-state index contributed by atoms with van der Waals surface area (Å²) in [6.07, 6.45) is -4.43. The Balaban J connectivity index is 0.000000958. The highest BCUT2D eigenvalue weighted by Gasteiger charge is 2.47. The first-order valence-corrected chi connectivity index (χ1v) is 26.1. The maximum absolute atomic E-state index is 14.8. The fourth-order valence-electron chi connectivity index (χ4n) is 5.12. The van der Waals surface area contributed by atoms with Gasteiger partial charge in [-0.15, -0.1) is 0 Å². The van der Waals surface area contributed by atoms with Gasteiger partial charge in [-0.1, -0.05) is 54.6 Å². The Labute approximate surface area is 425 Å². The minimum Gasteiger partial charge on any atom is -0.464 e. The van der Waals surface area contributed by atoms with E-state index >= 15 is 0 Å². The minimum absolute atomic E-state index is 0.00499. The maximum Gasteiger partial charge on any atom is 0.351 e. The molecule has 3 aromatic rings. The molecule has 0 heterocycles. The van der Waals surface area contributed by atoms with E-state index in [1.165, 1.54) is 56.3 Å². The van der Waals surface area contributed by atoms with E-state index < -0.39 is 105 Å². The van der Waals surface area contributed by atoms with Crippen molar-refractivity contribution in [3.05, 3.63) is 107 Å². The molecule has 1 unspecified atom stereocenters. The van der Waals surface area contributed by atoms with E-state index in [4.69, 9.17) is 9.47 Å². The van der Waals surface area contributed by atoms with Gasteiger partial charge in [0.25, 0.3) is 5.08 Å². The zero-order valence-corrected chi connectivity index (χ0v) is 46.3. The second kappa shape index (κ2) is 29.6. The van der Waals surface area contributed by atoms with Crippen LogP contribution >= 0.6 is 15.9 Å². The fraction of sp³-hybridized carbons (Fsp3) is 0.542. The summed E-state index contributed by atoms with van der Waals surface area (Å²) in [5, 5.41) is -1.68. The van der Waals surface area contributed by atoms with Gasteiger partial charge in [0.05, 0.1) is 72.8 Å². The second-order valence-electron chi connectivity index (χ2n) is 18.1. The van der Waals surface area contributed by atoms with E-state index in [9.17, 15) is 53.4 Å². The first kappa shape index (κ1) is 66.2. The van der Waals surface area contributed by atoms with Gasteiger partial charge in [0.15, 0.2) is 0 Å². The monoisotopic (exact) mass is 1120 g/mol. The van der Waals surface area contributed by atoms with Gasteiger partial charge in [-0.05, 0) is 138 Å². The lowest BCUT2D eigenvalue weighted by molar-refractivity contribution is -0.153. The number of ether oxygens (including phenoxy) is 3. The number of alkyl halides is 4. The zero-order chi connectivity index (χ0) is 54.6. The number of halogens is 7. The third kappa shape index (κ3) is 21.1. The summed E-state index contributed by atoms with van der Waals surface area (Å²) < 4.78 is 141. The summed E-state index contributed by atoms with van der Waals surface area (Å²) in [5.74, 6) is -4.85. The summed E-state index contributed by atoms with van der Waals surface area (Å²) >= 11 is 2.40. The molecule has 0 aliphatic rings. The lowest BCUT2D eigenvalue weighted by atomic mass is 9.88. The number of hydrogen-bond donors (Lipinski definition) is 2. The van der Waals surface area contributed by atoms with E-state index in [1.54, 1.807) is 87.4 Å². The first-order valence-electron chi connectivity index (χ1n) is 21.8. The summed E-state index contributed by atoms with van der Waals surface area (Å²) in [7, 11) is -4.80. The molecule has 0 spiro atoms. The van der Waals surface area contributed by atoms with Crippen LogP contribution in [0.25, 0.3) is 0 Å². The Kier molecular flexibility index (Phi) is 28.0. The second-order valence-corrected chi connectivity index (χ2v) is 24.8. The highest BCUT2D eigenvalue weighted by Crippen LogP contribution is 2.33. The third-order valence-electron chi connectivity index (χ3n) is 9.06. The van der Waals surface area contributed by atoms with Crippen molar-refractivity contribution in [2.24, 2.45) is 4.40 Å². The maximum atomic E-state index is 14.8. The zero-order valence-electron chi connectivity index (χ0n) is 42.3. The van der Waals surface area contributed by atoms with E-state index in [0.717, 1.165) is 12.1 Å². The van der Waals surface area contributed by atoms with Gasteiger partial charge < -0.3 is 14.2 Å². The van der Waals surface area contributed by atoms with Gasteiger partial charge in [-0.2, -0.15) is 4.40 Å². The Morgan fingerprint density at radius 3 is 1.14 bits per heavy atom. The number of carbonyl (C=O) groups excluding carboxylic acids is 3. The quantitative estimate of drug-likeness (QED) is 0.0467. The minimum atomic E-state index is -2.22. The van der Waals surface area contributed by atoms with Crippen molar-refractivity contribution in [1.29, 1.82) is 0 Å². The number of carbonyl (C=O) groups is 3.